The van der Waals surface area contributed by atoms with Gasteiger partial charge < -0.3 is 10.1 Å². The Balaban J connectivity index is 1.30. The molecule has 1 amide bonds. The number of aryl methyl sites for hydroxylation is 2. The van der Waals surface area contributed by atoms with Crippen molar-refractivity contribution in [2.45, 2.75) is 20.3 Å². The lowest BCUT2D eigenvalue weighted by Gasteiger charge is -2.14. The fourth-order valence-electron chi connectivity index (χ4n) is 4.66. The molecule has 3 aromatic heterocycles. The first-order valence-corrected chi connectivity index (χ1v) is 13.8. The van der Waals surface area contributed by atoms with Crippen LogP contribution in [0.15, 0.2) is 122 Å². The summed E-state index contributed by atoms with van der Waals surface area (Å²) in [6, 6.07) is 34.7. The van der Waals surface area contributed by atoms with Gasteiger partial charge in [0.1, 0.15) is 11.6 Å². The third kappa shape index (κ3) is 5.67. The molecule has 0 aliphatic rings. The van der Waals surface area contributed by atoms with Crippen molar-refractivity contribution in [3.8, 4) is 39.7 Å². The summed E-state index contributed by atoms with van der Waals surface area (Å²) >= 11 is 0. The van der Waals surface area contributed by atoms with Crippen molar-refractivity contribution < 1.29 is 9.53 Å². The second kappa shape index (κ2) is 11.9. The van der Waals surface area contributed by atoms with Gasteiger partial charge in [-0.25, -0.2) is 9.67 Å². The third-order valence-electron chi connectivity index (χ3n) is 6.94. The first-order valence-electron chi connectivity index (χ1n) is 13.8. The van der Waals surface area contributed by atoms with Crippen molar-refractivity contribution in [2.75, 3.05) is 5.32 Å². The lowest BCUT2D eigenvalue weighted by atomic mass is 10.1. The molecule has 0 radical (unpaired) electrons. The monoisotopic (exact) mass is 551 g/mol. The normalized spacial score (nSPS) is 10.8. The minimum Gasteiger partial charge on any atom is -0.438 e. The highest BCUT2D eigenvalue weighted by atomic mass is 16.5. The lowest BCUT2D eigenvalue weighted by Crippen LogP contribution is -2.15. The molecule has 0 bridgehead atoms. The summed E-state index contributed by atoms with van der Waals surface area (Å²) < 4.78 is 8.08. The average Bonchev–Trinajstić information content (AvgIpc) is 3.47. The Kier molecular flexibility index (Phi) is 7.55. The van der Waals surface area contributed by atoms with Gasteiger partial charge in [-0.2, -0.15) is 5.10 Å². The van der Waals surface area contributed by atoms with Crippen LogP contribution in [0.3, 0.4) is 0 Å². The van der Waals surface area contributed by atoms with Crippen LogP contribution in [0.1, 0.15) is 28.5 Å². The third-order valence-corrected chi connectivity index (χ3v) is 6.94. The summed E-state index contributed by atoms with van der Waals surface area (Å²) in [6.07, 6.45) is 4.32. The zero-order valence-corrected chi connectivity index (χ0v) is 23.4. The number of carbonyl (C=O) groups is 1. The summed E-state index contributed by atoms with van der Waals surface area (Å²) in [5.74, 6) is 1.29. The molecular weight excluding hydrogens is 522 g/mol. The zero-order chi connectivity index (χ0) is 28.9. The second-order valence-electron chi connectivity index (χ2n) is 9.81. The maximum Gasteiger partial charge on any atom is 0.256 e. The summed E-state index contributed by atoms with van der Waals surface area (Å²) in [4.78, 5) is 22.5. The van der Waals surface area contributed by atoms with E-state index in [0.717, 1.165) is 45.7 Å². The molecule has 0 fully saturated rings. The predicted molar refractivity (Wildman–Crippen MR) is 165 cm³/mol. The van der Waals surface area contributed by atoms with Crippen LogP contribution in [-0.4, -0.2) is 25.7 Å². The van der Waals surface area contributed by atoms with E-state index in [4.69, 9.17) is 9.84 Å². The smallest absolute Gasteiger partial charge is 0.256 e. The van der Waals surface area contributed by atoms with E-state index >= 15 is 0 Å². The lowest BCUT2D eigenvalue weighted by molar-refractivity contribution is 0.102. The van der Waals surface area contributed by atoms with Gasteiger partial charge in [-0.15, -0.1) is 0 Å². The van der Waals surface area contributed by atoms with E-state index < -0.39 is 0 Å². The van der Waals surface area contributed by atoms with E-state index in [1.54, 1.807) is 29.2 Å². The van der Waals surface area contributed by atoms with E-state index in [1.165, 1.54) is 0 Å². The van der Waals surface area contributed by atoms with Crippen molar-refractivity contribution >= 4 is 11.7 Å². The molecule has 0 spiro atoms. The van der Waals surface area contributed by atoms with E-state index in [9.17, 15) is 4.79 Å². The second-order valence-corrected chi connectivity index (χ2v) is 9.81. The molecule has 7 nitrogen and oxygen atoms in total. The van der Waals surface area contributed by atoms with Crippen LogP contribution < -0.4 is 10.1 Å². The molecule has 206 valence electrons. The molecule has 0 aliphatic carbocycles. The van der Waals surface area contributed by atoms with Gasteiger partial charge in [-0.3, -0.25) is 9.78 Å². The molecule has 0 saturated heterocycles. The molecule has 42 heavy (non-hydrogen) atoms. The molecule has 0 unspecified atom stereocenters. The number of nitrogens with zero attached hydrogens (tertiary/aromatic N) is 4. The van der Waals surface area contributed by atoms with E-state index in [0.29, 0.717) is 23.0 Å². The summed E-state index contributed by atoms with van der Waals surface area (Å²) in [5.41, 5.74) is 6.70. The number of para-hydroxylation sites is 1. The number of benzene rings is 3. The average molecular weight is 552 g/mol. The fourth-order valence-corrected chi connectivity index (χ4v) is 4.66. The van der Waals surface area contributed by atoms with Crippen molar-refractivity contribution in [2.24, 2.45) is 0 Å². The highest BCUT2D eigenvalue weighted by Crippen LogP contribution is 2.33. The van der Waals surface area contributed by atoms with Gasteiger partial charge in [-0.05, 0) is 73.0 Å². The molecule has 3 heterocycles. The topological polar surface area (TPSA) is 81.9 Å². The van der Waals surface area contributed by atoms with E-state index in [1.807, 2.05) is 104 Å². The van der Waals surface area contributed by atoms with Crippen molar-refractivity contribution in [3.63, 3.8) is 0 Å². The number of pyridine rings is 2. The molecule has 6 aromatic rings. The molecule has 0 saturated carbocycles. The fraction of sp³-hybridized carbons (Fsp3) is 0.0857. The highest BCUT2D eigenvalue weighted by molar-refractivity contribution is 6.04. The van der Waals surface area contributed by atoms with Gasteiger partial charge in [0.15, 0.2) is 0 Å². The number of amides is 1. The molecule has 6 rings (SSSR count). The van der Waals surface area contributed by atoms with E-state index in [2.05, 4.69) is 22.2 Å². The molecular formula is C35H29N5O2. The Labute approximate surface area is 244 Å². The Morgan fingerprint density at radius 3 is 2.38 bits per heavy atom. The van der Waals surface area contributed by atoms with Crippen molar-refractivity contribution in [1.29, 1.82) is 0 Å². The zero-order valence-electron chi connectivity index (χ0n) is 23.4. The number of carbonyl (C=O) groups excluding carboxylic acids is 1. The van der Waals surface area contributed by atoms with Gasteiger partial charge in [0.05, 0.1) is 11.4 Å². The van der Waals surface area contributed by atoms with Crippen LogP contribution in [-0.2, 0) is 6.42 Å². The largest absolute Gasteiger partial charge is 0.438 e. The van der Waals surface area contributed by atoms with Gasteiger partial charge in [0.25, 0.3) is 5.91 Å². The van der Waals surface area contributed by atoms with Gasteiger partial charge in [0, 0.05) is 40.8 Å². The first-order chi connectivity index (χ1) is 20.6. The Morgan fingerprint density at radius 2 is 1.60 bits per heavy atom. The van der Waals surface area contributed by atoms with Gasteiger partial charge in [-0.1, -0.05) is 61.5 Å². The predicted octanol–water partition coefficient (Wildman–Crippen LogP) is 7.91. The van der Waals surface area contributed by atoms with Crippen LogP contribution in [0, 0.1) is 6.92 Å². The number of nitrogens with one attached hydrogen (secondary N) is 1. The van der Waals surface area contributed by atoms with Crippen LogP contribution in [0.4, 0.5) is 5.82 Å². The van der Waals surface area contributed by atoms with Gasteiger partial charge >= 0.3 is 0 Å². The van der Waals surface area contributed by atoms with Crippen LogP contribution in [0.2, 0.25) is 0 Å². The van der Waals surface area contributed by atoms with Crippen LogP contribution in [0.25, 0.3) is 28.1 Å². The number of rotatable bonds is 8. The highest BCUT2D eigenvalue weighted by Gasteiger charge is 2.17. The Bertz CT molecular complexity index is 1850. The summed E-state index contributed by atoms with van der Waals surface area (Å²) in [7, 11) is 0. The van der Waals surface area contributed by atoms with Gasteiger partial charge in [0.2, 0.25) is 5.88 Å². The Hall–Kier alpha value is -5.56. The number of hydrogen-bond acceptors (Lipinski definition) is 5. The number of ether oxygens (including phenoxy) is 1. The molecule has 0 atom stereocenters. The molecule has 0 aliphatic heterocycles. The Morgan fingerprint density at radius 1 is 0.810 bits per heavy atom. The molecule has 3 aromatic carbocycles. The number of hydrogen-bond donors (Lipinski definition) is 1. The quantitative estimate of drug-likeness (QED) is 0.208. The first kappa shape index (κ1) is 26.7. The minimum absolute atomic E-state index is 0.278. The number of aromatic nitrogens is 4. The maximum absolute atomic E-state index is 13.6. The summed E-state index contributed by atoms with van der Waals surface area (Å²) in [5, 5.41) is 7.86. The standard InChI is InChI=1S/C35H29N5O2/c1-3-28-21-26(18-20-36-28)30-15-10-19-37-35(30)42-32-22-27(17-16-24(32)2)34(41)38-33-23-31(25-11-6-4-7-12-25)39-40(33)29-13-8-5-9-14-29/h4-23H,3H2,1-2H3,(H,38,41). The number of anilines is 1. The maximum atomic E-state index is 13.6. The van der Waals surface area contributed by atoms with Crippen LogP contribution >= 0.6 is 0 Å². The minimum atomic E-state index is -0.278. The van der Waals surface area contributed by atoms with Crippen molar-refractivity contribution in [3.05, 3.63) is 138 Å². The van der Waals surface area contributed by atoms with E-state index in [-0.39, 0.29) is 5.91 Å². The van der Waals surface area contributed by atoms with Crippen LogP contribution in [0.5, 0.6) is 11.6 Å². The summed E-state index contributed by atoms with van der Waals surface area (Å²) in [6.45, 7) is 4.01. The van der Waals surface area contributed by atoms with Crippen molar-refractivity contribution in [1.82, 2.24) is 19.7 Å². The SMILES string of the molecule is CCc1cc(-c2cccnc2Oc2cc(C(=O)Nc3cc(-c4ccccc4)nn3-c3ccccc3)ccc2C)ccn1. The molecule has 7 heteroatoms. The molecule has 1 N–H and O–H groups in total.